The van der Waals surface area contributed by atoms with E-state index in [1.807, 2.05) is 28.3 Å². The molecular formula is C21H23ClN4O2S. The minimum Gasteiger partial charge on any atom is -0.486 e. The van der Waals surface area contributed by atoms with Crippen LogP contribution in [0, 0.1) is 0 Å². The third kappa shape index (κ3) is 5.36. The third-order valence-corrected chi connectivity index (χ3v) is 6.10. The van der Waals surface area contributed by atoms with Crippen molar-refractivity contribution in [3.63, 3.8) is 0 Å². The number of hydrogen-bond acceptors (Lipinski definition) is 5. The standard InChI is InChI=1S/C21H23ClN4O2S/c22-15-6-8-18(9-7-15)28-13-21-24-16(14-29-21)12-20(27)25-19-10-11-23-26(19)17-4-2-1-3-5-17/h6-11,14,17H,1-5,12-13H2,(H,25,27). The van der Waals surface area contributed by atoms with Gasteiger partial charge in [0.2, 0.25) is 5.91 Å². The van der Waals surface area contributed by atoms with E-state index in [1.165, 1.54) is 30.6 Å². The molecule has 1 fully saturated rings. The van der Waals surface area contributed by atoms with Gasteiger partial charge in [-0.2, -0.15) is 5.10 Å². The second kappa shape index (κ2) is 9.41. The summed E-state index contributed by atoms with van der Waals surface area (Å²) in [5.41, 5.74) is 0.742. The lowest BCUT2D eigenvalue weighted by Gasteiger charge is -2.23. The van der Waals surface area contributed by atoms with Crippen LogP contribution in [-0.4, -0.2) is 20.7 Å². The summed E-state index contributed by atoms with van der Waals surface area (Å²) in [5, 5.41) is 10.8. The molecule has 1 aliphatic rings. The van der Waals surface area contributed by atoms with E-state index in [1.54, 1.807) is 18.3 Å². The second-order valence-electron chi connectivity index (χ2n) is 7.15. The van der Waals surface area contributed by atoms with E-state index in [9.17, 15) is 4.79 Å². The number of halogens is 1. The van der Waals surface area contributed by atoms with Crippen LogP contribution in [0.3, 0.4) is 0 Å². The van der Waals surface area contributed by atoms with Crippen LogP contribution in [0.2, 0.25) is 5.02 Å². The average molecular weight is 431 g/mol. The maximum Gasteiger partial charge on any atom is 0.231 e. The molecule has 1 aromatic carbocycles. The monoisotopic (exact) mass is 430 g/mol. The predicted octanol–water partition coefficient (Wildman–Crippen LogP) is 5.26. The molecule has 0 unspecified atom stereocenters. The molecule has 3 aromatic rings. The van der Waals surface area contributed by atoms with Crippen molar-refractivity contribution in [2.24, 2.45) is 0 Å². The van der Waals surface area contributed by atoms with Gasteiger partial charge in [-0.15, -0.1) is 11.3 Å². The van der Waals surface area contributed by atoms with Crippen LogP contribution in [0.4, 0.5) is 5.82 Å². The number of benzene rings is 1. The largest absolute Gasteiger partial charge is 0.486 e. The number of ether oxygens (including phenoxy) is 1. The fraction of sp³-hybridized carbons (Fsp3) is 0.381. The van der Waals surface area contributed by atoms with Gasteiger partial charge >= 0.3 is 0 Å². The average Bonchev–Trinajstić information content (AvgIpc) is 3.37. The number of rotatable bonds is 7. The smallest absolute Gasteiger partial charge is 0.231 e. The molecule has 1 N–H and O–H groups in total. The molecule has 0 atom stereocenters. The first kappa shape index (κ1) is 19.9. The molecule has 6 nitrogen and oxygen atoms in total. The summed E-state index contributed by atoms with van der Waals surface area (Å²) in [6.45, 7) is 0.363. The quantitative estimate of drug-likeness (QED) is 0.555. The van der Waals surface area contributed by atoms with Gasteiger partial charge in [0.1, 0.15) is 23.2 Å². The SMILES string of the molecule is O=C(Cc1csc(COc2ccc(Cl)cc2)n1)Nc1ccnn1C1CCCCC1. The summed E-state index contributed by atoms with van der Waals surface area (Å²) < 4.78 is 7.67. The molecule has 0 spiro atoms. The number of carbonyl (C=O) groups is 1. The first-order chi connectivity index (χ1) is 14.2. The van der Waals surface area contributed by atoms with Gasteiger partial charge in [-0.05, 0) is 37.1 Å². The molecule has 0 saturated heterocycles. The lowest BCUT2D eigenvalue weighted by molar-refractivity contribution is -0.115. The summed E-state index contributed by atoms with van der Waals surface area (Å²) in [4.78, 5) is 17.0. The molecule has 1 amide bonds. The van der Waals surface area contributed by atoms with E-state index < -0.39 is 0 Å². The van der Waals surface area contributed by atoms with E-state index in [4.69, 9.17) is 16.3 Å². The highest BCUT2D eigenvalue weighted by Crippen LogP contribution is 2.30. The van der Waals surface area contributed by atoms with Crippen LogP contribution in [0.1, 0.15) is 48.8 Å². The van der Waals surface area contributed by atoms with Gasteiger partial charge in [0.25, 0.3) is 0 Å². The van der Waals surface area contributed by atoms with Crippen LogP contribution < -0.4 is 10.1 Å². The lowest BCUT2D eigenvalue weighted by Crippen LogP contribution is -2.21. The van der Waals surface area contributed by atoms with Crippen LogP contribution in [0.5, 0.6) is 5.75 Å². The molecule has 0 aliphatic heterocycles. The zero-order chi connectivity index (χ0) is 20.1. The van der Waals surface area contributed by atoms with Gasteiger partial charge in [-0.1, -0.05) is 30.9 Å². The lowest BCUT2D eigenvalue weighted by atomic mass is 9.96. The van der Waals surface area contributed by atoms with E-state index >= 15 is 0 Å². The highest BCUT2D eigenvalue weighted by Gasteiger charge is 2.19. The van der Waals surface area contributed by atoms with Crippen molar-refractivity contribution in [3.05, 3.63) is 57.6 Å². The van der Waals surface area contributed by atoms with Crippen molar-refractivity contribution >= 4 is 34.7 Å². The molecule has 2 heterocycles. The number of carbonyl (C=O) groups excluding carboxylic acids is 1. The van der Waals surface area contributed by atoms with Crippen molar-refractivity contribution < 1.29 is 9.53 Å². The minimum absolute atomic E-state index is 0.0852. The van der Waals surface area contributed by atoms with Crippen molar-refractivity contribution in [3.8, 4) is 5.75 Å². The molecule has 0 bridgehead atoms. The van der Waals surface area contributed by atoms with E-state index in [2.05, 4.69) is 15.4 Å². The van der Waals surface area contributed by atoms with Gasteiger partial charge < -0.3 is 10.1 Å². The Hall–Kier alpha value is -2.38. The van der Waals surface area contributed by atoms with Gasteiger partial charge in [-0.3, -0.25) is 4.79 Å². The normalized spacial score (nSPS) is 14.7. The summed E-state index contributed by atoms with van der Waals surface area (Å²) >= 11 is 7.36. The highest BCUT2D eigenvalue weighted by molar-refractivity contribution is 7.09. The first-order valence-electron chi connectivity index (χ1n) is 9.82. The topological polar surface area (TPSA) is 69.0 Å². The Balaban J connectivity index is 1.30. The highest BCUT2D eigenvalue weighted by atomic mass is 35.5. The van der Waals surface area contributed by atoms with E-state index in [0.29, 0.717) is 17.7 Å². The minimum atomic E-state index is -0.0852. The number of hydrogen-bond donors (Lipinski definition) is 1. The molecule has 152 valence electrons. The third-order valence-electron chi connectivity index (χ3n) is 4.98. The van der Waals surface area contributed by atoms with Gasteiger partial charge in [0.05, 0.1) is 24.4 Å². The Bertz CT molecular complexity index is 948. The Morgan fingerprint density at radius 3 is 2.79 bits per heavy atom. The molecule has 0 radical (unpaired) electrons. The van der Waals surface area contributed by atoms with Gasteiger partial charge in [-0.25, -0.2) is 9.67 Å². The van der Waals surface area contributed by atoms with Crippen molar-refractivity contribution in [1.29, 1.82) is 0 Å². The summed E-state index contributed by atoms with van der Waals surface area (Å²) in [5.74, 6) is 1.42. The molecule has 2 aromatic heterocycles. The Morgan fingerprint density at radius 2 is 2.00 bits per heavy atom. The summed E-state index contributed by atoms with van der Waals surface area (Å²) in [6, 6.07) is 9.45. The molecular weight excluding hydrogens is 408 g/mol. The van der Waals surface area contributed by atoms with Crippen LogP contribution >= 0.6 is 22.9 Å². The number of aromatic nitrogens is 3. The van der Waals surface area contributed by atoms with E-state index in [0.717, 1.165) is 35.1 Å². The van der Waals surface area contributed by atoms with Crippen molar-refractivity contribution in [1.82, 2.24) is 14.8 Å². The molecule has 1 saturated carbocycles. The predicted molar refractivity (Wildman–Crippen MR) is 115 cm³/mol. The zero-order valence-electron chi connectivity index (χ0n) is 16.0. The Morgan fingerprint density at radius 1 is 1.21 bits per heavy atom. The van der Waals surface area contributed by atoms with Gasteiger partial charge in [0.15, 0.2) is 0 Å². The zero-order valence-corrected chi connectivity index (χ0v) is 17.6. The molecule has 1 aliphatic carbocycles. The maximum atomic E-state index is 12.5. The van der Waals surface area contributed by atoms with Crippen molar-refractivity contribution in [2.45, 2.75) is 51.2 Å². The van der Waals surface area contributed by atoms with E-state index in [-0.39, 0.29) is 12.3 Å². The fourth-order valence-corrected chi connectivity index (χ4v) is 4.38. The summed E-state index contributed by atoms with van der Waals surface area (Å²) in [6.07, 6.45) is 7.94. The van der Waals surface area contributed by atoms with Crippen molar-refractivity contribution in [2.75, 3.05) is 5.32 Å². The first-order valence-corrected chi connectivity index (χ1v) is 11.1. The summed E-state index contributed by atoms with van der Waals surface area (Å²) in [7, 11) is 0. The Labute approximate surface area is 178 Å². The number of nitrogens with one attached hydrogen (secondary N) is 1. The van der Waals surface area contributed by atoms with Gasteiger partial charge in [0, 0.05) is 16.5 Å². The second-order valence-corrected chi connectivity index (χ2v) is 8.53. The number of nitrogens with zero attached hydrogens (tertiary/aromatic N) is 3. The van der Waals surface area contributed by atoms with Crippen LogP contribution in [-0.2, 0) is 17.8 Å². The van der Waals surface area contributed by atoms with Crippen LogP contribution in [0.25, 0.3) is 0 Å². The molecule has 4 rings (SSSR count). The molecule has 29 heavy (non-hydrogen) atoms. The Kier molecular flexibility index (Phi) is 6.46. The number of amides is 1. The maximum absolute atomic E-state index is 12.5. The molecule has 8 heteroatoms. The fourth-order valence-electron chi connectivity index (χ4n) is 3.55. The van der Waals surface area contributed by atoms with Crippen LogP contribution in [0.15, 0.2) is 41.9 Å². The number of anilines is 1. The number of thiazole rings is 1.